The molecule has 0 atom stereocenters. The molecule has 5 nitrogen and oxygen atoms in total. The minimum Gasteiger partial charge on any atom is -0.316 e. The predicted molar refractivity (Wildman–Crippen MR) is 65.9 cm³/mol. The molecule has 0 aromatic carbocycles. The molecule has 7 heteroatoms. The van der Waals surface area contributed by atoms with Gasteiger partial charge in [0.05, 0.1) is 12.3 Å². The molecule has 0 aliphatic carbocycles. The van der Waals surface area contributed by atoms with Gasteiger partial charge in [-0.15, -0.1) is 11.3 Å². The van der Waals surface area contributed by atoms with E-state index < -0.39 is 10.0 Å². The summed E-state index contributed by atoms with van der Waals surface area (Å²) in [6, 6.07) is 0. The van der Waals surface area contributed by atoms with Crippen LogP contribution >= 0.6 is 11.3 Å². The largest absolute Gasteiger partial charge is 0.316 e. The van der Waals surface area contributed by atoms with Gasteiger partial charge in [0.15, 0.2) is 0 Å². The van der Waals surface area contributed by atoms with Crippen LogP contribution in [0, 0.1) is 0 Å². The van der Waals surface area contributed by atoms with Crippen molar-refractivity contribution in [2.45, 2.75) is 19.9 Å². The quantitative estimate of drug-likeness (QED) is 0.672. The fourth-order valence-electron chi connectivity index (χ4n) is 1.09. The molecule has 0 unspecified atom stereocenters. The predicted octanol–water partition coefficient (Wildman–Crippen LogP) is 0.562. The number of aromatic nitrogens is 1. The Bertz CT molecular complexity index is 375. The molecule has 2 N–H and O–H groups in total. The lowest BCUT2D eigenvalue weighted by Crippen LogP contribution is -2.31. The minimum absolute atomic E-state index is 0.109. The van der Waals surface area contributed by atoms with Gasteiger partial charge in [-0.3, -0.25) is 0 Å². The smallest absolute Gasteiger partial charge is 0.213 e. The highest BCUT2D eigenvalue weighted by Gasteiger charge is 2.09. The summed E-state index contributed by atoms with van der Waals surface area (Å²) in [7, 11) is -3.18. The van der Waals surface area contributed by atoms with Crippen LogP contribution in [0.25, 0.3) is 0 Å². The van der Waals surface area contributed by atoms with Crippen molar-refractivity contribution in [1.82, 2.24) is 15.0 Å². The van der Waals surface area contributed by atoms with Gasteiger partial charge < -0.3 is 5.32 Å². The fourth-order valence-corrected chi connectivity index (χ4v) is 2.65. The van der Waals surface area contributed by atoms with Crippen molar-refractivity contribution < 1.29 is 8.42 Å². The summed E-state index contributed by atoms with van der Waals surface area (Å²) in [4.78, 5) is 4.00. The maximum Gasteiger partial charge on any atom is 0.213 e. The molecule has 1 aromatic rings. The van der Waals surface area contributed by atoms with E-state index in [4.69, 9.17) is 0 Å². The molecule has 0 saturated carbocycles. The molecule has 0 radical (unpaired) electrons. The zero-order valence-electron chi connectivity index (χ0n) is 9.27. The number of sulfonamides is 1. The first kappa shape index (κ1) is 13.6. The fraction of sp³-hybridized carbons (Fsp3) is 0.667. The van der Waals surface area contributed by atoms with Crippen molar-refractivity contribution in [3.05, 3.63) is 16.6 Å². The number of rotatable bonds is 8. The number of nitrogens with zero attached hydrogens (tertiary/aromatic N) is 1. The van der Waals surface area contributed by atoms with Gasteiger partial charge in [0.25, 0.3) is 0 Å². The Labute approximate surface area is 100 Å². The van der Waals surface area contributed by atoms with Crippen LogP contribution in [-0.4, -0.2) is 32.2 Å². The summed E-state index contributed by atoms with van der Waals surface area (Å²) in [6.07, 6.45) is 2.67. The number of thiazole rings is 1. The lowest BCUT2D eigenvalue weighted by Gasteiger charge is -2.05. The Hall–Kier alpha value is -0.500. The third-order valence-electron chi connectivity index (χ3n) is 1.90. The van der Waals surface area contributed by atoms with Crippen molar-refractivity contribution in [1.29, 1.82) is 0 Å². The molecular formula is C9H17N3O2S2. The van der Waals surface area contributed by atoms with Crippen LogP contribution in [-0.2, 0) is 16.6 Å². The summed E-state index contributed by atoms with van der Waals surface area (Å²) >= 11 is 1.44. The van der Waals surface area contributed by atoms with Gasteiger partial charge in [-0.2, -0.15) is 0 Å². The summed E-state index contributed by atoms with van der Waals surface area (Å²) in [5.41, 5.74) is 0. The molecule has 0 bridgehead atoms. The molecule has 0 saturated heterocycles. The Kier molecular flexibility index (Phi) is 5.89. The first-order chi connectivity index (χ1) is 7.64. The minimum atomic E-state index is -3.18. The summed E-state index contributed by atoms with van der Waals surface area (Å²) in [6.45, 7) is 3.67. The normalized spacial score (nSPS) is 11.8. The second kappa shape index (κ2) is 6.95. The van der Waals surface area contributed by atoms with Crippen molar-refractivity contribution in [3.8, 4) is 0 Å². The van der Waals surface area contributed by atoms with Gasteiger partial charge in [-0.25, -0.2) is 18.1 Å². The molecule has 1 aromatic heterocycles. The molecule has 92 valence electrons. The van der Waals surface area contributed by atoms with E-state index in [2.05, 4.69) is 15.0 Å². The molecule has 0 aliphatic rings. The number of hydrogen-bond acceptors (Lipinski definition) is 5. The third-order valence-corrected chi connectivity index (χ3v) is 4.01. The zero-order valence-corrected chi connectivity index (χ0v) is 10.9. The van der Waals surface area contributed by atoms with E-state index in [0.29, 0.717) is 6.54 Å². The molecule has 1 rings (SSSR count). The Morgan fingerprint density at radius 1 is 1.44 bits per heavy atom. The molecular weight excluding hydrogens is 246 g/mol. The van der Waals surface area contributed by atoms with E-state index in [0.717, 1.165) is 18.0 Å². The second-order valence-electron chi connectivity index (χ2n) is 3.32. The lowest BCUT2D eigenvalue weighted by molar-refractivity contribution is 0.576. The SMILES string of the molecule is CCCNCCS(=O)(=O)NCc1nccs1. The van der Waals surface area contributed by atoms with Gasteiger partial charge in [0.1, 0.15) is 5.01 Å². The Morgan fingerprint density at radius 2 is 2.25 bits per heavy atom. The van der Waals surface area contributed by atoms with Gasteiger partial charge in [-0.05, 0) is 13.0 Å². The Balaban J connectivity index is 2.23. The van der Waals surface area contributed by atoms with E-state index in [1.165, 1.54) is 11.3 Å². The van der Waals surface area contributed by atoms with Crippen LogP contribution in [0.15, 0.2) is 11.6 Å². The van der Waals surface area contributed by atoms with Crippen LogP contribution in [0.3, 0.4) is 0 Å². The van der Waals surface area contributed by atoms with Crippen LogP contribution in [0.2, 0.25) is 0 Å². The van der Waals surface area contributed by atoms with Crippen LogP contribution in [0.1, 0.15) is 18.4 Å². The molecule has 0 fully saturated rings. The van der Waals surface area contributed by atoms with E-state index >= 15 is 0 Å². The van der Waals surface area contributed by atoms with Crippen LogP contribution < -0.4 is 10.0 Å². The summed E-state index contributed by atoms with van der Waals surface area (Å²) in [5, 5.41) is 5.66. The first-order valence-corrected chi connectivity index (χ1v) is 7.73. The molecule has 0 spiro atoms. The van der Waals surface area contributed by atoms with Crippen molar-refractivity contribution >= 4 is 21.4 Å². The summed E-state index contributed by atoms with van der Waals surface area (Å²) < 4.78 is 25.5. The van der Waals surface area contributed by atoms with E-state index in [-0.39, 0.29) is 12.3 Å². The van der Waals surface area contributed by atoms with E-state index in [1.807, 2.05) is 12.3 Å². The van der Waals surface area contributed by atoms with Gasteiger partial charge in [0, 0.05) is 18.1 Å². The highest BCUT2D eigenvalue weighted by molar-refractivity contribution is 7.89. The zero-order chi connectivity index (χ0) is 11.9. The number of hydrogen-bond donors (Lipinski definition) is 2. The van der Waals surface area contributed by atoms with Crippen LogP contribution in [0.5, 0.6) is 0 Å². The van der Waals surface area contributed by atoms with E-state index in [1.54, 1.807) is 6.20 Å². The standard InChI is InChI=1S/C9H17N3O2S2/c1-2-3-10-5-7-16(13,14)12-8-9-11-4-6-15-9/h4,6,10,12H,2-3,5,7-8H2,1H3. The highest BCUT2D eigenvalue weighted by atomic mass is 32.2. The molecule has 1 heterocycles. The van der Waals surface area contributed by atoms with Gasteiger partial charge in [-0.1, -0.05) is 6.92 Å². The van der Waals surface area contributed by atoms with Crippen molar-refractivity contribution in [2.75, 3.05) is 18.8 Å². The molecule has 16 heavy (non-hydrogen) atoms. The average molecular weight is 263 g/mol. The lowest BCUT2D eigenvalue weighted by atomic mass is 10.5. The maximum absolute atomic E-state index is 11.5. The number of nitrogens with one attached hydrogen (secondary N) is 2. The van der Waals surface area contributed by atoms with E-state index in [9.17, 15) is 8.42 Å². The maximum atomic E-state index is 11.5. The highest BCUT2D eigenvalue weighted by Crippen LogP contribution is 2.03. The third kappa shape index (κ3) is 5.55. The van der Waals surface area contributed by atoms with Gasteiger partial charge >= 0.3 is 0 Å². The summed E-state index contributed by atoms with van der Waals surface area (Å²) in [5.74, 6) is 0.109. The monoisotopic (exact) mass is 263 g/mol. The molecule has 0 amide bonds. The molecule has 0 aliphatic heterocycles. The first-order valence-electron chi connectivity index (χ1n) is 5.20. The Morgan fingerprint density at radius 3 is 2.88 bits per heavy atom. The van der Waals surface area contributed by atoms with Crippen molar-refractivity contribution in [3.63, 3.8) is 0 Å². The average Bonchev–Trinajstić information content (AvgIpc) is 2.75. The van der Waals surface area contributed by atoms with Gasteiger partial charge in [0.2, 0.25) is 10.0 Å². The second-order valence-corrected chi connectivity index (χ2v) is 6.22. The topological polar surface area (TPSA) is 71.1 Å². The van der Waals surface area contributed by atoms with Crippen LogP contribution in [0.4, 0.5) is 0 Å². The van der Waals surface area contributed by atoms with Crippen molar-refractivity contribution in [2.24, 2.45) is 0 Å².